The van der Waals surface area contributed by atoms with Crippen molar-refractivity contribution in [1.82, 2.24) is 4.31 Å². The van der Waals surface area contributed by atoms with Crippen molar-refractivity contribution >= 4 is 44.8 Å². The molecule has 0 aromatic heterocycles. The minimum absolute atomic E-state index is 0.191. The first-order valence-corrected chi connectivity index (χ1v) is 10.9. The molecule has 0 atom stereocenters. The molecule has 2 rings (SSSR count). The second kappa shape index (κ2) is 9.60. The molecule has 6 nitrogen and oxygen atoms in total. The molecule has 0 fully saturated rings. The molecule has 2 aromatic carbocycles. The first-order valence-electron chi connectivity index (χ1n) is 8.68. The number of carbonyl (C=O) groups is 1. The molecular weight excluding hydrogens is 423 g/mol. The normalized spacial score (nSPS) is 11.5. The van der Waals surface area contributed by atoms with Gasteiger partial charge in [0.15, 0.2) is 6.61 Å². The minimum Gasteiger partial charge on any atom is -0.483 e. The lowest BCUT2D eigenvalue weighted by Crippen LogP contribution is -2.30. The van der Waals surface area contributed by atoms with E-state index in [0.29, 0.717) is 35.1 Å². The third-order valence-electron chi connectivity index (χ3n) is 4.07. The summed E-state index contributed by atoms with van der Waals surface area (Å²) in [6, 6.07) is 9.48. The van der Waals surface area contributed by atoms with Gasteiger partial charge in [0, 0.05) is 13.1 Å². The van der Waals surface area contributed by atoms with Crippen LogP contribution in [-0.4, -0.2) is 38.3 Å². The maximum atomic E-state index is 12.6. The summed E-state index contributed by atoms with van der Waals surface area (Å²) >= 11 is 12.0. The fourth-order valence-electron chi connectivity index (χ4n) is 2.59. The summed E-state index contributed by atoms with van der Waals surface area (Å²) in [4.78, 5) is 12.3. The number of sulfonamides is 1. The topological polar surface area (TPSA) is 75.7 Å². The predicted octanol–water partition coefficient (Wildman–Crippen LogP) is 4.35. The van der Waals surface area contributed by atoms with E-state index in [1.807, 2.05) is 0 Å². The molecule has 9 heteroatoms. The van der Waals surface area contributed by atoms with Gasteiger partial charge in [-0.25, -0.2) is 8.42 Å². The number of nitrogens with zero attached hydrogens (tertiary/aromatic N) is 1. The largest absolute Gasteiger partial charge is 0.483 e. The molecule has 28 heavy (non-hydrogen) atoms. The van der Waals surface area contributed by atoms with Crippen LogP contribution in [0.25, 0.3) is 0 Å². The van der Waals surface area contributed by atoms with Crippen LogP contribution in [0.3, 0.4) is 0 Å². The van der Waals surface area contributed by atoms with Crippen LogP contribution in [0.1, 0.15) is 19.4 Å². The number of benzene rings is 2. The van der Waals surface area contributed by atoms with Crippen LogP contribution in [0.15, 0.2) is 41.3 Å². The number of hydrogen-bond acceptors (Lipinski definition) is 4. The Hall–Kier alpha value is -1.80. The van der Waals surface area contributed by atoms with E-state index in [1.54, 1.807) is 45.0 Å². The van der Waals surface area contributed by atoms with Gasteiger partial charge in [-0.2, -0.15) is 4.31 Å². The molecule has 0 saturated heterocycles. The highest BCUT2D eigenvalue weighted by atomic mass is 35.5. The smallest absolute Gasteiger partial charge is 0.262 e. The number of ether oxygens (including phenoxy) is 1. The van der Waals surface area contributed by atoms with E-state index in [1.165, 1.54) is 16.4 Å². The molecular formula is C19H22Cl2N2O4S. The zero-order valence-corrected chi connectivity index (χ0v) is 18.2. The summed E-state index contributed by atoms with van der Waals surface area (Å²) in [5.41, 5.74) is 1.00. The Morgan fingerprint density at radius 1 is 1.14 bits per heavy atom. The Balaban J connectivity index is 2.07. The van der Waals surface area contributed by atoms with Crippen LogP contribution in [0, 0.1) is 6.92 Å². The number of nitrogens with one attached hydrogen (secondary N) is 1. The third-order valence-corrected chi connectivity index (χ3v) is 6.94. The predicted molar refractivity (Wildman–Crippen MR) is 112 cm³/mol. The zero-order valence-electron chi connectivity index (χ0n) is 15.8. The maximum Gasteiger partial charge on any atom is 0.262 e. The summed E-state index contributed by atoms with van der Waals surface area (Å²) in [6.45, 7) is 5.82. The molecule has 1 N–H and O–H groups in total. The Bertz CT molecular complexity index is 960. The van der Waals surface area contributed by atoms with Crippen molar-refractivity contribution in [2.75, 3.05) is 25.0 Å². The molecule has 0 saturated carbocycles. The Kier molecular flexibility index (Phi) is 7.71. The van der Waals surface area contributed by atoms with Crippen molar-refractivity contribution in [3.05, 3.63) is 52.0 Å². The molecule has 0 radical (unpaired) electrons. The third kappa shape index (κ3) is 5.17. The Morgan fingerprint density at radius 2 is 1.82 bits per heavy atom. The fraction of sp³-hybridized carbons (Fsp3) is 0.316. The van der Waals surface area contributed by atoms with Gasteiger partial charge in [0.2, 0.25) is 10.0 Å². The lowest BCUT2D eigenvalue weighted by molar-refractivity contribution is -0.118. The average Bonchev–Trinajstić information content (AvgIpc) is 2.65. The average molecular weight is 445 g/mol. The van der Waals surface area contributed by atoms with E-state index in [9.17, 15) is 13.2 Å². The van der Waals surface area contributed by atoms with Gasteiger partial charge >= 0.3 is 0 Å². The van der Waals surface area contributed by atoms with Crippen LogP contribution in [0.2, 0.25) is 10.0 Å². The molecule has 152 valence electrons. The highest BCUT2D eigenvalue weighted by Gasteiger charge is 2.22. The summed E-state index contributed by atoms with van der Waals surface area (Å²) in [5, 5.41) is 3.21. The van der Waals surface area contributed by atoms with E-state index in [-0.39, 0.29) is 16.5 Å². The summed E-state index contributed by atoms with van der Waals surface area (Å²) < 4.78 is 32.1. The molecule has 0 aliphatic rings. The highest BCUT2D eigenvalue weighted by Crippen LogP contribution is 2.29. The minimum atomic E-state index is -3.55. The van der Waals surface area contributed by atoms with Crippen molar-refractivity contribution in [3.63, 3.8) is 0 Å². The van der Waals surface area contributed by atoms with Gasteiger partial charge in [-0.3, -0.25) is 4.79 Å². The lowest BCUT2D eigenvalue weighted by Gasteiger charge is -2.19. The zero-order chi connectivity index (χ0) is 20.9. The van der Waals surface area contributed by atoms with Gasteiger partial charge in [-0.15, -0.1) is 0 Å². The van der Waals surface area contributed by atoms with Gasteiger partial charge in [0.05, 0.1) is 20.6 Å². The fourth-order valence-corrected chi connectivity index (χ4v) is 4.48. The molecule has 1 amide bonds. The Morgan fingerprint density at radius 3 is 2.43 bits per heavy atom. The monoisotopic (exact) mass is 444 g/mol. The number of hydrogen-bond donors (Lipinski definition) is 1. The molecule has 0 heterocycles. The van der Waals surface area contributed by atoms with Crippen molar-refractivity contribution < 1.29 is 17.9 Å². The van der Waals surface area contributed by atoms with Crippen molar-refractivity contribution in [2.24, 2.45) is 0 Å². The summed E-state index contributed by atoms with van der Waals surface area (Å²) in [7, 11) is -3.55. The van der Waals surface area contributed by atoms with E-state index in [4.69, 9.17) is 27.9 Å². The van der Waals surface area contributed by atoms with Gasteiger partial charge in [-0.05, 0) is 42.8 Å². The standard InChI is InChI=1S/C19H22Cl2N2O4S/c1-4-23(5-2)28(25,26)14-9-10-17(13(3)11-14)27-12-18(24)22-16-8-6-7-15(20)19(16)21/h6-11H,4-5,12H2,1-3H3,(H,22,24). The van der Waals surface area contributed by atoms with Crippen molar-refractivity contribution in [2.45, 2.75) is 25.7 Å². The van der Waals surface area contributed by atoms with Crippen molar-refractivity contribution in [3.8, 4) is 5.75 Å². The van der Waals surface area contributed by atoms with Crippen molar-refractivity contribution in [1.29, 1.82) is 0 Å². The molecule has 0 aliphatic carbocycles. The van der Waals surface area contributed by atoms with Crippen LogP contribution >= 0.6 is 23.2 Å². The first-order chi connectivity index (χ1) is 13.2. The highest BCUT2D eigenvalue weighted by molar-refractivity contribution is 7.89. The summed E-state index contributed by atoms with van der Waals surface area (Å²) in [5.74, 6) is 0.00856. The molecule has 0 aliphatic heterocycles. The van der Waals surface area contributed by atoms with Crippen LogP contribution < -0.4 is 10.1 Å². The first kappa shape index (κ1) is 22.5. The van der Waals surface area contributed by atoms with Crippen LogP contribution in [0.5, 0.6) is 5.75 Å². The van der Waals surface area contributed by atoms with E-state index in [0.717, 1.165) is 0 Å². The Labute approximate surface area is 175 Å². The van der Waals surface area contributed by atoms with E-state index < -0.39 is 15.9 Å². The van der Waals surface area contributed by atoms with E-state index in [2.05, 4.69) is 5.32 Å². The van der Waals surface area contributed by atoms with Gasteiger partial charge in [-0.1, -0.05) is 43.1 Å². The number of rotatable bonds is 8. The van der Waals surface area contributed by atoms with Crippen LogP contribution in [0.4, 0.5) is 5.69 Å². The van der Waals surface area contributed by atoms with E-state index >= 15 is 0 Å². The lowest BCUT2D eigenvalue weighted by atomic mass is 10.2. The van der Waals surface area contributed by atoms with Gasteiger partial charge in [0.25, 0.3) is 5.91 Å². The summed E-state index contributed by atoms with van der Waals surface area (Å²) in [6.07, 6.45) is 0. The quantitative estimate of drug-likeness (QED) is 0.656. The molecule has 0 spiro atoms. The number of halogens is 2. The van der Waals surface area contributed by atoms with Crippen LogP contribution in [-0.2, 0) is 14.8 Å². The number of carbonyl (C=O) groups excluding carboxylic acids is 1. The number of aryl methyl sites for hydroxylation is 1. The second-order valence-corrected chi connectivity index (χ2v) is 8.68. The second-order valence-electron chi connectivity index (χ2n) is 5.95. The maximum absolute atomic E-state index is 12.6. The molecule has 0 bridgehead atoms. The molecule has 0 unspecified atom stereocenters. The van der Waals surface area contributed by atoms with Gasteiger partial charge in [0.1, 0.15) is 5.75 Å². The number of amides is 1. The molecule has 2 aromatic rings. The SMILES string of the molecule is CCN(CC)S(=O)(=O)c1ccc(OCC(=O)Nc2cccc(Cl)c2Cl)c(C)c1. The number of anilines is 1. The van der Waals surface area contributed by atoms with Gasteiger partial charge < -0.3 is 10.1 Å².